The Morgan fingerprint density at radius 1 is 1.25 bits per heavy atom. The van der Waals surface area contributed by atoms with Crippen molar-refractivity contribution in [3.63, 3.8) is 0 Å². The number of likely N-dealkylation sites (tertiary alicyclic amines) is 1. The summed E-state index contributed by atoms with van der Waals surface area (Å²) >= 11 is 1.51. The van der Waals surface area contributed by atoms with Crippen LogP contribution in [0.4, 0.5) is 0 Å². The van der Waals surface area contributed by atoms with Crippen molar-refractivity contribution in [2.24, 2.45) is 0 Å². The van der Waals surface area contributed by atoms with E-state index in [-0.39, 0.29) is 11.9 Å². The fourth-order valence-corrected chi connectivity index (χ4v) is 3.81. The fraction of sp³-hybridized carbons (Fsp3) is 0.294. The van der Waals surface area contributed by atoms with Crippen molar-refractivity contribution in [2.75, 3.05) is 13.1 Å². The highest BCUT2D eigenvalue weighted by Gasteiger charge is 2.27. The van der Waals surface area contributed by atoms with Gasteiger partial charge in [-0.1, -0.05) is 30.3 Å². The van der Waals surface area contributed by atoms with E-state index in [1.54, 1.807) is 6.33 Å². The van der Waals surface area contributed by atoms with E-state index in [2.05, 4.69) is 15.1 Å². The third-order valence-corrected chi connectivity index (χ3v) is 5.13. The summed E-state index contributed by atoms with van der Waals surface area (Å²) in [5.74, 6) is -0.00162. The minimum absolute atomic E-state index is 0.00162. The molecule has 24 heavy (non-hydrogen) atoms. The molecule has 0 saturated carbocycles. The molecule has 0 N–H and O–H groups in total. The molecule has 1 amide bonds. The Hall–Kier alpha value is -2.54. The van der Waals surface area contributed by atoms with E-state index in [1.807, 2.05) is 45.3 Å². The van der Waals surface area contributed by atoms with Gasteiger partial charge in [-0.15, -0.1) is 11.3 Å². The van der Waals surface area contributed by atoms with Crippen molar-refractivity contribution < 1.29 is 4.79 Å². The molecule has 1 aliphatic rings. The lowest BCUT2D eigenvalue weighted by Crippen LogP contribution is -2.41. The molecule has 1 unspecified atom stereocenters. The smallest absolute Gasteiger partial charge is 0.273 e. The maximum absolute atomic E-state index is 12.8. The number of hydrogen-bond donors (Lipinski definition) is 0. The summed E-state index contributed by atoms with van der Waals surface area (Å²) < 4.78 is 1.84. The average Bonchev–Trinajstić information content (AvgIpc) is 3.34. The number of thiazole rings is 1. The summed E-state index contributed by atoms with van der Waals surface area (Å²) in [7, 11) is 0. The number of amides is 1. The van der Waals surface area contributed by atoms with Gasteiger partial charge in [0.25, 0.3) is 5.91 Å². The van der Waals surface area contributed by atoms with Crippen LogP contribution in [0.2, 0.25) is 0 Å². The van der Waals surface area contributed by atoms with E-state index in [9.17, 15) is 4.79 Å². The number of piperidine rings is 1. The number of benzene rings is 1. The molecule has 0 bridgehead atoms. The predicted molar refractivity (Wildman–Crippen MR) is 91.7 cm³/mol. The Kier molecular flexibility index (Phi) is 4.08. The molecule has 1 atom stereocenters. The molecule has 6 nitrogen and oxygen atoms in total. The lowest BCUT2D eigenvalue weighted by molar-refractivity contribution is 0.0667. The molecule has 7 heteroatoms. The van der Waals surface area contributed by atoms with Crippen molar-refractivity contribution in [2.45, 2.75) is 18.9 Å². The van der Waals surface area contributed by atoms with Crippen LogP contribution in [0.15, 0.2) is 48.4 Å². The van der Waals surface area contributed by atoms with Gasteiger partial charge < -0.3 is 4.90 Å². The van der Waals surface area contributed by atoms with Crippen LogP contribution in [0, 0.1) is 0 Å². The zero-order valence-electron chi connectivity index (χ0n) is 13.1. The van der Waals surface area contributed by atoms with Gasteiger partial charge in [0, 0.05) is 24.0 Å². The number of aromatic nitrogens is 4. The summed E-state index contributed by atoms with van der Waals surface area (Å²) in [6, 6.07) is 10.1. The maximum atomic E-state index is 12.8. The number of carbonyl (C=O) groups is 1. The zero-order chi connectivity index (χ0) is 16.4. The van der Waals surface area contributed by atoms with Gasteiger partial charge in [0.1, 0.15) is 23.4 Å². The largest absolute Gasteiger partial charge is 0.335 e. The standard InChI is InChI=1S/C17H17N5OS/c23-17(15-10-24-16(20-15)13-5-2-1-3-6-13)21-8-4-7-14(9-21)22-12-18-11-19-22/h1-3,5-6,10-12,14H,4,7-9H2. The quantitative estimate of drug-likeness (QED) is 0.736. The van der Waals surface area contributed by atoms with Crippen molar-refractivity contribution >= 4 is 17.2 Å². The van der Waals surface area contributed by atoms with E-state index in [1.165, 1.54) is 17.7 Å². The molecule has 1 aromatic carbocycles. The molecule has 2 aromatic heterocycles. The molecule has 3 heterocycles. The number of carbonyl (C=O) groups excluding carboxylic acids is 1. The summed E-state index contributed by atoms with van der Waals surface area (Å²) in [4.78, 5) is 23.2. The predicted octanol–water partition coefficient (Wildman–Crippen LogP) is 2.88. The van der Waals surface area contributed by atoms with E-state index in [4.69, 9.17) is 0 Å². The highest BCUT2D eigenvalue weighted by Crippen LogP contribution is 2.26. The number of hydrogen-bond acceptors (Lipinski definition) is 5. The molecule has 4 rings (SSSR count). The molecular formula is C17H17N5OS. The lowest BCUT2D eigenvalue weighted by atomic mass is 10.1. The van der Waals surface area contributed by atoms with Crippen molar-refractivity contribution in [1.29, 1.82) is 0 Å². The monoisotopic (exact) mass is 339 g/mol. The minimum Gasteiger partial charge on any atom is -0.335 e. The van der Waals surface area contributed by atoms with E-state index >= 15 is 0 Å². The van der Waals surface area contributed by atoms with E-state index < -0.39 is 0 Å². The molecule has 1 aliphatic heterocycles. The average molecular weight is 339 g/mol. The Bertz CT molecular complexity index is 815. The molecule has 1 saturated heterocycles. The minimum atomic E-state index is -0.00162. The fourth-order valence-electron chi connectivity index (χ4n) is 3.01. The van der Waals surface area contributed by atoms with Crippen molar-refractivity contribution in [1.82, 2.24) is 24.6 Å². The van der Waals surface area contributed by atoms with Gasteiger partial charge in [-0.25, -0.2) is 14.6 Å². The van der Waals surface area contributed by atoms with Gasteiger partial charge in [0.15, 0.2) is 0 Å². The molecule has 1 fully saturated rings. The van der Waals surface area contributed by atoms with Gasteiger partial charge >= 0.3 is 0 Å². The van der Waals surface area contributed by atoms with Gasteiger partial charge in [-0.05, 0) is 12.8 Å². The second kappa shape index (κ2) is 6.52. The molecule has 122 valence electrons. The van der Waals surface area contributed by atoms with Crippen LogP contribution in [0.3, 0.4) is 0 Å². The second-order valence-corrected chi connectivity index (χ2v) is 6.68. The summed E-state index contributed by atoms with van der Waals surface area (Å²) in [5, 5.41) is 6.93. The second-order valence-electron chi connectivity index (χ2n) is 5.83. The van der Waals surface area contributed by atoms with Crippen molar-refractivity contribution in [3.05, 3.63) is 54.1 Å². The van der Waals surface area contributed by atoms with Gasteiger partial charge in [0.05, 0.1) is 6.04 Å². The van der Waals surface area contributed by atoms with Gasteiger partial charge in [-0.2, -0.15) is 5.10 Å². The van der Waals surface area contributed by atoms with Crippen LogP contribution in [0.25, 0.3) is 10.6 Å². The SMILES string of the molecule is O=C(c1csc(-c2ccccc2)n1)N1CCCC(n2cncn2)C1. The van der Waals surface area contributed by atoms with Gasteiger partial charge in [0.2, 0.25) is 0 Å². The van der Waals surface area contributed by atoms with Crippen LogP contribution < -0.4 is 0 Å². The lowest BCUT2D eigenvalue weighted by Gasteiger charge is -2.32. The molecule has 0 radical (unpaired) electrons. The summed E-state index contributed by atoms with van der Waals surface area (Å²) in [6.45, 7) is 1.42. The number of nitrogens with zero attached hydrogens (tertiary/aromatic N) is 5. The highest BCUT2D eigenvalue weighted by molar-refractivity contribution is 7.13. The Morgan fingerprint density at radius 2 is 2.12 bits per heavy atom. The maximum Gasteiger partial charge on any atom is 0.273 e. The van der Waals surface area contributed by atoms with Crippen LogP contribution in [-0.2, 0) is 0 Å². The van der Waals surface area contributed by atoms with E-state index in [0.29, 0.717) is 12.2 Å². The first-order valence-corrected chi connectivity index (χ1v) is 8.83. The van der Waals surface area contributed by atoms with Gasteiger partial charge in [-0.3, -0.25) is 4.79 Å². The molecule has 0 aliphatic carbocycles. The Labute approximate surface area is 143 Å². The van der Waals surface area contributed by atoms with Crippen LogP contribution in [0.1, 0.15) is 29.4 Å². The van der Waals surface area contributed by atoms with E-state index in [0.717, 1.165) is 30.0 Å². The first kappa shape index (κ1) is 15.0. The topological polar surface area (TPSA) is 63.9 Å². The summed E-state index contributed by atoms with van der Waals surface area (Å²) in [6.07, 6.45) is 5.23. The third-order valence-electron chi connectivity index (χ3n) is 4.24. The van der Waals surface area contributed by atoms with Crippen LogP contribution in [0.5, 0.6) is 0 Å². The highest BCUT2D eigenvalue weighted by atomic mass is 32.1. The normalized spacial score (nSPS) is 17.8. The first-order valence-electron chi connectivity index (χ1n) is 7.95. The molecular weight excluding hydrogens is 322 g/mol. The zero-order valence-corrected chi connectivity index (χ0v) is 13.9. The van der Waals surface area contributed by atoms with Crippen molar-refractivity contribution in [3.8, 4) is 10.6 Å². The summed E-state index contributed by atoms with van der Waals surface area (Å²) in [5.41, 5.74) is 1.57. The Morgan fingerprint density at radius 3 is 2.92 bits per heavy atom. The van der Waals surface area contributed by atoms with Crippen LogP contribution >= 0.6 is 11.3 Å². The van der Waals surface area contributed by atoms with Crippen LogP contribution in [-0.4, -0.2) is 43.6 Å². The molecule has 3 aromatic rings. The molecule has 0 spiro atoms. The number of rotatable bonds is 3. The first-order chi connectivity index (χ1) is 11.8. The third kappa shape index (κ3) is 2.94. The Balaban J connectivity index is 1.50.